The lowest BCUT2D eigenvalue weighted by Gasteiger charge is -2.15. The molecule has 2 rings (SSSR count). The predicted octanol–water partition coefficient (Wildman–Crippen LogP) is 3.21. The van der Waals surface area contributed by atoms with E-state index < -0.39 is 0 Å². The first-order chi connectivity index (χ1) is 8.15. The molecule has 0 aliphatic heterocycles. The quantitative estimate of drug-likeness (QED) is 0.793. The second-order valence-electron chi connectivity index (χ2n) is 4.40. The molecule has 2 aromatic rings. The lowest BCUT2D eigenvalue weighted by molar-refractivity contribution is 0.498. The zero-order valence-corrected chi connectivity index (χ0v) is 10.2. The molecule has 0 saturated carbocycles. The van der Waals surface area contributed by atoms with Crippen LogP contribution in [0.2, 0.25) is 0 Å². The minimum absolute atomic E-state index is 0.323. The Labute approximate surface area is 102 Å². The molecule has 0 amide bonds. The average Bonchev–Trinajstić information content (AvgIpc) is 2.76. The van der Waals surface area contributed by atoms with Crippen molar-refractivity contribution in [1.29, 1.82) is 0 Å². The van der Waals surface area contributed by atoms with Crippen LogP contribution >= 0.6 is 0 Å². The zero-order valence-electron chi connectivity index (χ0n) is 10.2. The zero-order chi connectivity index (χ0) is 12.3. The van der Waals surface area contributed by atoms with Crippen LogP contribution in [0, 0.1) is 6.92 Å². The number of rotatable bonds is 4. The molecule has 1 atom stereocenters. The highest BCUT2D eigenvalue weighted by Crippen LogP contribution is 2.18. The second kappa shape index (κ2) is 4.95. The van der Waals surface area contributed by atoms with Crippen LogP contribution < -0.4 is 11.1 Å². The van der Waals surface area contributed by atoms with E-state index in [9.17, 15) is 0 Å². The molecule has 1 aromatic carbocycles. The summed E-state index contributed by atoms with van der Waals surface area (Å²) in [5.41, 5.74) is 8.81. The summed E-state index contributed by atoms with van der Waals surface area (Å²) in [6, 6.07) is 10.2. The standard InChI is InChI=1S/C14H18N2O/c1-10-8-12(5-6-14(10)15)16-11(2)9-13-4-3-7-17-13/h3-8,11,16H,9,15H2,1-2H3. The van der Waals surface area contributed by atoms with Crippen LogP contribution in [0.15, 0.2) is 41.0 Å². The topological polar surface area (TPSA) is 51.2 Å². The van der Waals surface area contributed by atoms with Gasteiger partial charge in [-0.2, -0.15) is 0 Å². The fourth-order valence-electron chi connectivity index (χ4n) is 1.83. The third-order valence-corrected chi connectivity index (χ3v) is 2.77. The number of nitrogens with two attached hydrogens (primary N) is 1. The summed E-state index contributed by atoms with van der Waals surface area (Å²) in [4.78, 5) is 0. The molecule has 0 aliphatic rings. The Morgan fingerprint density at radius 3 is 2.82 bits per heavy atom. The lowest BCUT2D eigenvalue weighted by Crippen LogP contribution is -2.17. The van der Waals surface area contributed by atoms with Crippen LogP contribution in [0.3, 0.4) is 0 Å². The van der Waals surface area contributed by atoms with Gasteiger partial charge in [0.25, 0.3) is 0 Å². The van der Waals surface area contributed by atoms with Crippen molar-refractivity contribution in [3.05, 3.63) is 47.9 Å². The normalized spacial score (nSPS) is 12.4. The molecule has 3 heteroatoms. The van der Waals surface area contributed by atoms with Crippen molar-refractivity contribution < 1.29 is 4.42 Å². The predicted molar refractivity (Wildman–Crippen MR) is 71.1 cm³/mol. The van der Waals surface area contributed by atoms with Gasteiger partial charge in [0, 0.05) is 23.8 Å². The maximum atomic E-state index is 5.79. The van der Waals surface area contributed by atoms with Gasteiger partial charge in [0.05, 0.1) is 6.26 Å². The molecular formula is C14H18N2O. The monoisotopic (exact) mass is 230 g/mol. The lowest BCUT2D eigenvalue weighted by atomic mass is 10.1. The number of aryl methyl sites for hydroxylation is 1. The Bertz CT molecular complexity index is 477. The highest BCUT2D eigenvalue weighted by Gasteiger charge is 2.06. The van der Waals surface area contributed by atoms with Crippen LogP contribution in [0.4, 0.5) is 11.4 Å². The van der Waals surface area contributed by atoms with Crippen molar-refractivity contribution in [3.8, 4) is 0 Å². The molecule has 0 bridgehead atoms. The number of nitrogen functional groups attached to an aromatic ring is 1. The van der Waals surface area contributed by atoms with Gasteiger partial charge >= 0.3 is 0 Å². The SMILES string of the molecule is Cc1cc(NC(C)Cc2ccco2)ccc1N. The molecule has 3 nitrogen and oxygen atoms in total. The Balaban J connectivity index is 1.98. The van der Waals surface area contributed by atoms with Gasteiger partial charge in [0.15, 0.2) is 0 Å². The van der Waals surface area contributed by atoms with E-state index in [-0.39, 0.29) is 0 Å². The first-order valence-corrected chi connectivity index (χ1v) is 5.80. The molecule has 17 heavy (non-hydrogen) atoms. The summed E-state index contributed by atoms with van der Waals surface area (Å²) in [7, 11) is 0. The molecule has 0 aliphatic carbocycles. The van der Waals surface area contributed by atoms with Gasteiger partial charge in [0.2, 0.25) is 0 Å². The summed E-state index contributed by atoms with van der Waals surface area (Å²) < 4.78 is 5.32. The van der Waals surface area contributed by atoms with Gasteiger partial charge in [-0.25, -0.2) is 0 Å². The molecule has 1 aromatic heterocycles. The van der Waals surface area contributed by atoms with E-state index in [1.807, 2.05) is 31.2 Å². The van der Waals surface area contributed by atoms with E-state index >= 15 is 0 Å². The number of nitrogens with one attached hydrogen (secondary N) is 1. The molecule has 1 unspecified atom stereocenters. The second-order valence-corrected chi connectivity index (χ2v) is 4.40. The van der Waals surface area contributed by atoms with E-state index in [0.29, 0.717) is 6.04 Å². The molecular weight excluding hydrogens is 212 g/mol. The first kappa shape index (κ1) is 11.6. The number of furan rings is 1. The van der Waals surface area contributed by atoms with Crippen molar-refractivity contribution in [3.63, 3.8) is 0 Å². The maximum Gasteiger partial charge on any atom is 0.105 e. The molecule has 0 saturated heterocycles. The van der Waals surface area contributed by atoms with Crippen LogP contribution in [0.5, 0.6) is 0 Å². The van der Waals surface area contributed by atoms with Crippen LogP contribution in [-0.4, -0.2) is 6.04 Å². The minimum Gasteiger partial charge on any atom is -0.469 e. The number of anilines is 2. The summed E-state index contributed by atoms with van der Waals surface area (Å²) in [5, 5.41) is 3.43. The van der Waals surface area contributed by atoms with E-state index in [2.05, 4.69) is 18.3 Å². The number of benzene rings is 1. The Hall–Kier alpha value is -1.90. The Kier molecular flexibility index (Phi) is 3.38. The summed E-state index contributed by atoms with van der Waals surface area (Å²) >= 11 is 0. The van der Waals surface area contributed by atoms with Gasteiger partial charge in [0.1, 0.15) is 5.76 Å². The van der Waals surface area contributed by atoms with Crippen LogP contribution in [0.25, 0.3) is 0 Å². The molecule has 0 fully saturated rings. The van der Waals surface area contributed by atoms with Crippen molar-refractivity contribution in [2.45, 2.75) is 26.3 Å². The smallest absolute Gasteiger partial charge is 0.105 e. The third-order valence-electron chi connectivity index (χ3n) is 2.77. The van der Waals surface area contributed by atoms with Gasteiger partial charge in [-0.05, 0) is 49.7 Å². The van der Waals surface area contributed by atoms with Crippen molar-refractivity contribution >= 4 is 11.4 Å². The summed E-state index contributed by atoms with van der Waals surface area (Å²) in [6.07, 6.45) is 2.58. The molecule has 90 valence electrons. The Morgan fingerprint density at radius 1 is 1.35 bits per heavy atom. The number of hydrogen-bond donors (Lipinski definition) is 2. The van der Waals surface area contributed by atoms with Crippen molar-refractivity contribution in [2.75, 3.05) is 11.1 Å². The highest BCUT2D eigenvalue weighted by molar-refractivity contribution is 5.57. The largest absolute Gasteiger partial charge is 0.469 e. The first-order valence-electron chi connectivity index (χ1n) is 5.80. The van der Waals surface area contributed by atoms with E-state index in [4.69, 9.17) is 10.2 Å². The Morgan fingerprint density at radius 2 is 2.18 bits per heavy atom. The summed E-state index contributed by atoms with van der Waals surface area (Å²) in [5.74, 6) is 0.997. The molecule has 3 N–H and O–H groups in total. The summed E-state index contributed by atoms with van der Waals surface area (Å²) in [6.45, 7) is 4.14. The molecule has 0 radical (unpaired) electrons. The van der Waals surface area contributed by atoms with E-state index in [1.165, 1.54) is 0 Å². The van der Waals surface area contributed by atoms with Gasteiger partial charge < -0.3 is 15.5 Å². The maximum absolute atomic E-state index is 5.79. The van der Waals surface area contributed by atoms with Crippen molar-refractivity contribution in [1.82, 2.24) is 0 Å². The van der Waals surface area contributed by atoms with Gasteiger partial charge in [-0.15, -0.1) is 0 Å². The molecule has 1 heterocycles. The highest BCUT2D eigenvalue weighted by atomic mass is 16.3. The fourth-order valence-corrected chi connectivity index (χ4v) is 1.83. The van der Waals surface area contributed by atoms with Gasteiger partial charge in [-0.3, -0.25) is 0 Å². The van der Waals surface area contributed by atoms with Gasteiger partial charge in [-0.1, -0.05) is 0 Å². The fraction of sp³-hybridized carbons (Fsp3) is 0.286. The van der Waals surface area contributed by atoms with Crippen LogP contribution in [0.1, 0.15) is 18.2 Å². The minimum atomic E-state index is 0.323. The van der Waals surface area contributed by atoms with E-state index in [0.717, 1.165) is 29.1 Å². The molecule has 0 spiro atoms. The van der Waals surface area contributed by atoms with Crippen molar-refractivity contribution in [2.24, 2.45) is 0 Å². The van der Waals surface area contributed by atoms with Crippen LogP contribution in [-0.2, 0) is 6.42 Å². The van der Waals surface area contributed by atoms with E-state index in [1.54, 1.807) is 6.26 Å². The number of hydrogen-bond acceptors (Lipinski definition) is 3. The third kappa shape index (κ3) is 3.03. The average molecular weight is 230 g/mol.